The molecule has 0 bridgehead atoms. The average Bonchev–Trinajstić information content (AvgIpc) is 3.47. The number of rotatable bonds is 8. The van der Waals surface area contributed by atoms with Crippen LogP contribution in [0, 0.1) is 0 Å². The van der Waals surface area contributed by atoms with Gasteiger partial charge in [0.15, 0.2) is 0 Å². The van der Waals surface area contributed by atoms with Crippen molar-refractivity contribution >= 4 is 34.7 Å². The van der Waals surface area contributed by atoms with Crippen LogP contribution in [-0.2, 0) is 13.1 Å². The molecule has 33 heavy (non-hydrogen) atoms. The third kappa shape index (κ3) is 5.85. The van der Waals surface area contributed by atoms with Gasteiger partial charge in [0.25, 0.3) is 11.8 Å². The Balaban J connectivity index is 1.37. The van der Waals surface area contributed by atoms with Crippen molar-refractivity contribution in [3.8, 4) is 0 Å². The van der Waals surface area contributed by atoms with Crippen LogP contribution in [0.1, 0.15) is 36.7 Å². The minimum atomic E-state index is -0.228. The number of likely N-dealkylation sites (N-methyl/N-ethyl adjacent to an activating group) is 1. The summed E-state index contributed by atoms with van der Waals surface area (Å²) in [5.41, 5.74) is 3.83. The number of nitrogens with zero attached hydrogens (tertiary/aromatic N) is 2. The van der Waals surface area contributed by atoms with Crippen molar-refractivity contribution in [1.29, 1.82) is 0 Å². The van der Waals surface area contributed by atoms with Gasteiger partial charge in [-0.3, -0.25) is 14.6 Å². The van der Waals surface area contributed by atoms with Crippen molar-refractivity contribution in [2.75, 3.05) is 32.5 Å². The molecule has 3 N–H and O–H groups in total. The molecule has 8 heteroatoms. The zero-order chi connectivity index (χ0) is 23.2. The molecule has 2 heterocycles. The molecule has 0 radical (unpaired) electrons. The molecule has 4 rings (SSSR count). The fourth-order valence-electron chi connectivity index (χ4n) is 3.46. The van der Waals surface area contributed by atoms with E-state index in [2.05, 4.69) is 25.8 Å². The Hall–Kier alpha value is -3.49. The number of fused-ring (bicyclic) bond motifs is 1. The second kappa shape index (κ2) is 10.4. The zero-order valence-corrected chi connectivity index (χ0v) is 19.5. The minimum Gasteiger partial charge on any atom is -0.384 e. The van der Waals surface area contributed by atoms with Gasteiger partial charge in [0, 0.05) is 40.3 Å². The lowest BCUT2D eigenvalue weighted by molar-refractivity contribution is 0.0949. The van der Waals surface area contributed by atoms with Crippen LogP contribution in [0.15, 0.2) is 65.0 Å². The molecule has 170 valence electrons. The highest BCUT2D eigenvalue weighted by molar-refractivity contribution is 7.09. The Morgan fingerprint density at radius 3 is 2.55 bits per heavy atom. The number of carbonyl (C=O) groups is 2. The number of hydrogen-bond donors (Lipinski definition) is 3. The van der Waals surface area contributed by atoms with E-state index in [-0.39, 0.29) is 11.8 Å². The van der Waals surface area contributed by atoms with Crippen molar-refractivity contribution < 1.29 is 9.59 Å². The van der Waals surface area contributed by atoms with E-state index in [4.69, 9.17) is 0 Å². The fraction of sp³-hybridized carbons (Fsp3) is 0.240. The molecule has 0 spiro atoms. The first-order chi connectivity index (χ1) is 16.0. The normalized spacial score (nSPS) is 12.3. The molecular formula is C25H27N5O2S. The third-order valence-corrected chi connectivity index (χ3v) is 6.18. The van der Waals surface area contributed by atoms with Crippen LogP contribution in [0.4, 0.5) is 5.69 Å². The second-order valence-corrected chi connectivity index (χ2v) is 9.09. The zero-order valence-electron chi connectivity index (χ0n) is 18.7. The number of nitrogens with one attached hydrogen (secondary N) is 3. The molecular weight excluding hydrogens is 434 g/mol. The van der Waals surface area contributed by atoms with Crippen LogP contribution in [-0.4, -0.2) is 49.7 Å². The van der Waals surface area contributed by atoms with Gasteiger partial charge in [-0.05, 0) is 67.5 Å². The maximum Gasteiger partial charge on any atom is 0.256 e. The van der Waals surface area contributed by atoms with Crippen LogP contribution in [0.3, 0.4) is 0 Å². The Bertz CT molecular complexity index is 1150. The predicted octanol–water partition coefficient (Wildman–Crippen LogP) is 3.34. The summed E-state index contributed by atoms with van der Waals surface area (Å²) in [4.78, 5) is 33.0. The summed E-state index contributed by atoms with van der Waals surface area (Å²) in [5.74, 6) is 0.117. The largest absolute Gasteiger partial charge is 0.384 e. The van der Waals surface area contributed by atoms with Gasteiger partial charge in [0.1, 0.15) is 5.84 Å². The van der Waals surface area contributed by atoms with Gasteiger partial charge in [-0.1, -0.05) is 12.1 Å². The lowest BCUT2D eigenvalue weighted by Crippen LogP contribution is -2.30. The first-order valence-electron chi connectivity index (χ1n) is 10.8. The number of carbonyl (C=O) groups excluding carboxylic acids is 2. The highest BCUT2D eigenvalue weighted by Crippen LogP contribution is 2.20. The summed E-state index contributed by atoms with van der Waals surface area (Å²) in [5, 5.41) is 11.2. The van der Waals surface area contributed by atoms with Gasteiger partial charge in [0.2, 0.25) is 0 Å². The molecule has 3 aromatic rings. The van der Waals surface area contributed by atoms with E-state index in [1.165, 1.54) is 0 Å². The third-order valence-electron chi connectivity index (χ3n) is 5.31. The van der Waals surface area contributed by atoms with Crippen molar-refractivity contribution in [3.63, 3.8) is 0 Å². The number of aliphatic imine (C=N–C) groups is 1. The summed E-state index contributed by atoms with van der Waals surface area (Å²) >= 11 is 1.60. The molecule has 2 amide bonds. The highest BCUT2D eigenvalue weighted by atomic mass is 32.1. The average molecular weight is 462 g/mol. The number of anilines is 1. The molecule has 1 aromatic heterocycles. The lowest BCUT2D eigenvalue weighted by atomic mass is 10.0. The number of benzene rings is 2. The lowest BCUT2D eigenvalue weighted by Gasteiger charge is -2.12. The molecule has 0 aliphatic carbocycles. The minimum absolute atomic E-state index is 0.152. The van der Waals surface area contributed by atoms with Crippen LogP contribution >= 0.6 is 11.3 Å². The summed E-state index contributed by atoms with van der Waals surface area (Å²) in [6.45, 7) is 2.73. The first-order valence-corrected chi connectivity index (χ1v) is 11.7. The van der Waals surface area contributed by atoms with Crippen LogP contribution < -0.4 is 16.0 Å². The van der Waals surface area contributed by atoms with E-state index < -0.39 is 0 Å². The van der Waals surface area contributed by atoms with E-state index in [1.54, 1.807) is 35.6 Å². The summed E-state index contributed by atoms with van der Waals surface area (Å²) < 4.78 is 0. The van der Waals surface area contributed by atoms with Gasteiger partial charge >= 0.3 is 0 Å². The van der Waals surface area contributed by atoms with Crippen molar-refractivity contribution in [2.45, 2.75) is 13.1 Å². The van der Waals surface area contributed by atoms with Crippen molar-refractivity contribution in [1.82, 2.24) is 15.5 Å². The van der Waals surface area contributed by atoms with Gasteiger partial charge in [-0.15, -0.1) is 11.3 Å². The standard InChI is InChI=1S/C25H27N5O2S/c1-30(2)12-11-26-20-9-7-17(8-10-20)25(32)29-23-22-14-18(5-6-19(22)15-27-23)24(31)28-16-21-4-3-13-33-21/h3-10,13-14,26H,11-12,15-16H2,1-2H3,(H,28,31)(H,27,29,32). The van der Waals surface area contributed by atoms with Gasteiger partial charge in [-0.2, -0.15) is 0 Å². The summed E-state index contributed by atoms with van der Waals surface area (Å²) in [6.07, 6.45) is 0. The van der Waals surface area contributed by atoms with Crippen molar-refractivity contribution in [2.24, 2.45) is 4.99 Å². The molecule has 0 unspecified atom stereocenters. The van der Waals surface area contributed by atoms with E-state index in [1.807, 2.05) is 49.8 Å². The highest BCUT2D eigenvalue weighted by Gasteiger charge is 2.20. The number of amidine groups is 1. The molecule has 0 saturated carbocycles. The number of thiophene rings is 1. The van der Waals surface area contributed by atoms with E-state index in [0.29, 0.717) is 30.1 Å². The van der Waals surface area contributed by atoms with E-state index in [0.717, 1.165) is 34.8 Å². The molecule has 0 fully saturated rings. The molecule has 2 aromatic carbocycles. The van der Waals surface area contributed by atoms with Gasteiger partial charge < -0.3 is 20.9 Å². The van der Waals surface area contributed by atoms with Gasteiger partial charge in [-0.25, -0.2) is 0 Å². The summed E-state index contributed by atoms with van der Waals surface area (Å²) in [6, 6.07) is 16.8. The first kappa shape index (κ1) is 22.7. The van der Waals surface area contributed by atoms with Crippen LogP contribution in [0.25, 0.3) is 0 Å². The SMILES string of the molecule is CN(C)CCNc1ccc(C(=O)NC2=NCc3ccc(C(=O)NCc4cccs4)cc32)cc1. The molecule has 0 atom stereocenters. The number of amides is 2. The Morgan fingerprint density at radius 2 is 1.82 bits per heavy atom. The summed E-state index contributed by atoms with van der Waals surface area (Å²) in [7, 11) is 4.05. The quantitative estimate of drug-likeness (QED) is 0.480. The number of hydrogen-bond acceptors (Lipinski definition) is 6. The maximum absolute atomic E-state index is 12.8. The second-order valence-electron chi connectivity index (χ2n) is 8.06. The monoisotopic (exact) mass is 461 g/mol. The Morgan fingerprint density at radius 1 is 1.03 bits per heavy atom. The molecule has 7 nitrogen and oxygen atoms in total. The van der Waals surface area contributed by atoms with Gasteiger partial charge in [0.05, 0.1) is 13.1 Å². The van der Waals surface area contributed by atoms with Crippen molar-refractivity contribution in [3.05, 3.63) is 87.1 Å². The van der Waals surface area contributed by atoms with E-state index in [9.17, 15) is 9.59 Å². The smallest absolute Gasteiger partial charge is 0.256 e. The van der Waals surface area contributed by atoms with E-state index >= 15 is 0 Å². The van der Waals surface area contributed by atoms with Crippen LogP contribution in [0.2, 0.25) is 0 Å². The molecule has 0 saturated heterocycles. The maximum atomic E-state index is 12.8. The fourth-order valence-corrected chi connectivity index (χ4v) is 4.10. The topological polar surface area (TPSA) is 85.8 Å². The molecule has 1 aliphatic rings. The Kier molecular flexibility index (Phi) is 7.16. The van der Waals surface area contributed by atoms with Crippen LogP contribution in [0.5, 0.6) is 0 Å². The predicted molar refractivity (Wildman–Crippen MR) is 133 cm³/mol. The molecule has 1 aliphatic heterocycles. The Labute approximate surface area is 197 Å².